The summed E-state index contributed by atoms with van der Waals surface area (Å²) in [6.07, 6.45) is 6.92. The Labute approximate surface area is 48.4 Å². The van der Waals surface area contributed by atoms with E-state index in [4.69, 9.17) is 5.41 Å². The van der Waals surface area contributed by atoms with E-state index < -0.39 is 0 Å². The smallest absolute Gasteiger partial charge is 0.0311 e. The van der Waals surface area contributed by atoms with Crippen LogP contribution in [-0.2, 0) is 0 Å². The molecule has 8 heavy (non-hydrogen) atoms. The van der Waals surface area contributed by atoms with Gasteiger partial charge in [-0.2, -0.15) is 0 Å². The molecule has 42 valence electrons. The molecule has 0 aromatic carbocycles. The molecule has 0 aromatic rings. The van der Waals surface area contributed by atoms with E-state index >= 15 is 0 Å². The minimum absolute atomic E-state index is 0.979. The van der Waals surface area contributed by atoms with Crippen LogP contribution < -0.4 is 0 Å². The molecule has 1 rings (SSSR count). The van der Waals surface area contributed by atoms with Gasteiger partial charge < -0.3 is 5.41 Å². The number of hydrogen-bond donors (Lipinski definition) is 1. The monoisotopic (exact) mass is 108 g/mol. The van der Waals surface area contributed by atoms with Gasteiger partial charge >= 0.3 is 0 Å². The fourth-order valence-electron chi connectivity index (χ4n) is 0.628. The lowest BCUT2D eigenvalue weighted by atomic mass is 10.1. The zero-order valence-corrected chi connectivity index (χ0v) is 4.59. The molecule has 2 nitrogen and oxygen atoms in total. The van der Waals surface area contributed by atoms with Crippen molar-refractivity contribution >= 4 is 12.4 Å². The van der Waals surface area contributed by atoms with E-state index in [1.165, 1.54) is 6.21 Å². The largest absolute Gasteiger partial charge is 0.308 e. The number of hydrogen-bond acceptors (Lipinski definition) is 2. The Hall–Kier alpha value is -0.920. The van der Waals surface area contributed by atoms with Crippen LogP contribution in [0.1, 0.15) is 12.8 Å². The predicted molar refractivity (Wildman–Crippen MR) is 34.6 cm³/mol. The molecule has 1 N–H and O–H groups in total. The quantitative estimate of drug-likeness (QED) is 0.493. The van der Waals surface area contributed by atoms with Gasteiger partial charge in [-0.15, -0.1) is 0 Å². The third-order valence-corrected chi connectivity index (χ3v) is 1.09. The van der Waals surface area contributed by atoms with Gasteiger partial charge in [-0.3, -0.25) is 4.99 Å². The van der Waals surface area contributed by atoms with Crippen LogP contribution in [0.5, 0.6) is 0 Å². The van der Waals surface area contributed by atoms with Gasteiger partial charge in [0.1, 0.15) is 0 Å². The van der Waals surface area contributed by atoms with Gasteiger partial charge in [0.25, 0.3) is 0 Å². The fraction of sp³-hybridized carbons (Fsp3) is 0.333. The highest BCUT2D eigenvalue weighted by molar-refractivity contribution is 5.78. The first-order chi connectivity index (χ1) is 3.93. The second-order valence-electron chi connectivity index (χ2n) is 1.72. The summed E-state index contributed by atoms with van der Waals surface area (Å²) < 4.78 is 0. The Morgan fingerprint density at radius 1 is 1.75 bits per heavy atom. The van der Waals surface area contributed by atoms with Gasteiger partial charge in [-0.25, -0.2) is 0 Å². The van der Waals surface area contributed by atoms with Crippen molar-refractivity contribution in [3.05, 3.63) is 11.8 Å². The molecule has 0 saturated carbocycles. The third kappa shape index (κ3) is 1.03. The molecule has 0 aromatic heterocycles. The topological polar surface area (TPSA) is 36.2 Å². The van der Waals surface area contributed by atoms with Crippen LogP contribution in [-0.4, -0.2) is 12.4 Å². The summed E-state index contributed by atoms with van der Waals surface area (Å²) in [5.41, 5.74) is 1.02. The second-order valence-corrected chi connectivity index (χ2v) is 1.72. The van der Waals surface area contributed by atoms with Crippen molar-refractivity contribution in [2.24, 2.45) is 4.99 Å². The van der Waals surface area contributed by atoms with Crippen LogP contribution in [0.2, 0.25) is 0 Å². The first kappa shape index (κ1) is 5.22. The SMILES string of the molecule is N=CC1=CN=CCC1. The van der Waals surface area contributed by atoms with E-state index in [2.05, 4.69) is 4.99 Å². The fourth-order valence-corrected chi connectivity index (χ4v) is 0.628. The summed E-state index contributed by atoms with van der Waals surface area (Å²) in [7, 11) is 0. The van der Waals surface area contributed by atoms with Gasteiger partial charge in [-0.05, 0) is 18.4 Å². The molecule has 0 radical (unpaired) electrons. The molecule has 2 heteroatoms. The summed E-state index contributed by atoms with van der Waals surface area (Å²) in [6.45, 7) is 0. The molecule has 0 fully saturated rings. The molecular weight excluding hydrogens is 100 g/mol. The van der Waals surface area contributed by atoms with Gasteiger partial charge in [0, 0.05) is 18.6 Å². The molecule has 1 heterocycles. The van der Waals surface area contributed by atoms with Crippen LogP contribution in [0.15, 0.2) is 16.8 Å². The molecule has 0 amide bonds. The van der Waals surface area contributed by atoms with E-state index in [0.717, 1.165) is 18.4 Å². The molecule has 0 aliphatic carbocycles. The lowest BCUT2D eigenvalue weighted by Gasteiger charge is -1.98. The predicted octanol–water partition coefficient (Wildman–Crippen LogP) is 1.38. The van der Waals surface area contributed by atoms with Crippen LogP contribution in [0, 0.1) is 5.41 Å². The first-order valence-electron chi connectivity index (χ1n) is 2.64. The van der Waals surface area contributed by atoms with E-state index in [1.54, 1.807) is 6.20 Å². The Morgan fingerprint density at radius 2 is 2.62 bits per heavy atom. The zero-order valence-electron chi connectivity index (χ0n) is 4.59. The number of aliphatic imine (C=N–C) groups is 1. The van der Waals surface area contributed by atoms with Crippen molar-refractivity contribution in [2.75, 3.05) is 0 Å². The standard InChI is InChI=1S/C6H8N2/c7-4-6-2-1-3-8-5-6/h3-5,7H,1-2H2. The number of allylic oxidation sites excluding steroid dienone is 1. The summed E-state index contributed by atoms with van der Waals surface area (Å²) in [5.74, 6) is 0. The molecule has 0 saturated heterocycles. The van der Waals surface area contributed by atoms with Crippen molar-refractivity contribution < 1.29 is 0 Å². The first-order valence-corrected chi connectivity index (χ1v) is 2.64. The summed E-state index contributed by atoms with van der Waals surface area (Å²) in [4.78, 5) is 3.89. The van der Waals surface area contributed by atoms with Crippen LogP contribution in [0.3, 0.4) is 0 Å². The van der Waals surface area contributed by atoms with Crippen molar-refractivity contribution in [3.8, 4) is 0 Å². The summed E-state index contributed by atoms with van der Waals surface area (Å²) in [5, 5.41) is 6.83. The molecule has 0 unspecified atom stereocenters. The number of nitrogens with one attached hydrogen (secondary N) is 1. The Bertz CT molecular complexity index is 145. The molecular formula is C6H8N2. The Kier molecular flexibility index (Phi) is 1.57. The van der Waals surface area contributed by atoms with E-state index in [0.29, 0.717) is 0 Å². The maximum absolute atomic E-state index is 6.83. The summed E-state index contributed by atoms with van der Waals surface area (Å²) in [6, 6.07) is 0. The highest BCUT2D eigenvalue weighted by atomic mass is 14.7. The van der Waals surface area contributed by atoms with Crippen molar-refractivity contribution in [2.45, 2.75) is 12.8 Å². The molecule has 1 aliphatic heterocycles. The maximum Gasteiger partial charge on any atom is 0.0311 e. The van der Waals surface area contributed by atoms with Gasteiger partial charge in [0.05, 0.1) is 0 Å². The van der Waals surface area contributed by atoms with Gasteiger partial charge in [-0.1, -0.05) is 0 Å². The van der Waals surface area contributed by atoms with Crippen LogP contribution >= 0.6 is 0 Å². The summed E-state index contributed by atoms with van der Waals surface area (Å²) >= 11 is 0. The van der Waals surface area contributed by atoms with E-state index in [1.807, 2.05) is 6.21 Å². The molecule has 1 aliphatic rings. The maximum atomic E-state index is 6.83. The third-order valence-electron chi connectivity index (χ3n) is 1.09. The second kappa shape index (κ2) is 2.40. The minimum atomic E-state index is 0.979. The van der Waals surface area contributed by atoms with Crippen molar-refractivity contribution in [3.63, 3.8) is 0 Å². The molecule has 0 atom stereocenters. The van der Waals surface area contributed by atoms with Crippen LogP contribution in [0.25, 0.3) is 0 Å². The van der Waals surface area contributed by atoms with Crippen molar-refractivity contribution in [1.29, 1.82) is 5.41 Å². The highest BCUT2D eigenvalue weighted by Crippen LogP contribution is 2.04. The van der Waals surface area contributed by atoms with E-state index in [-0.39, 0.29) is 0 Å². The minimum Gasteiger partial charge on any atom is -0.308 e. The van der Waals surface area contributed by atoms with Gasteiger partial charge in [0.2, 0.25) is 0 Å². The lowest BCUT2D eigenvalue weighted by molar-refractivity contribution is 1.05. The van der Waals surface area contributed by atoms with Gasteiger partial charge in [0.15, 0.2) is 0 Å². The van der Waals surface area contributed by atoms with Crippen LogP contribution in [0.4, 0.5) is 0 Å². The van der Waals surface area contributed by atoms with E-state index in [9.17, 15) is 0 Å². The lowest BCUT2D eigenvalue weighted by Crippen LogP contribution is -1.89. The zero-order chi connectivity index (χ0) is 5.82. The number of rotatable bonds is 1. The van der Waals surface area contributed by atoms with Crippen molar-refractivity contribution in [1.82, 2.24) is 0 Å². The highest BCUT2D eigenvalue weighted by Gasteiger charge is 1.93. The molecule has 0 bridgehead atoms. The average molecular weight is 108 g/mol. The normalized spacial score (nSPS) is 17.8. The number of nitrogens with zero attached hydrogens (tertiary/aromatic N) is 1. The average Bonchev–Trinajstić information content (AvgIpc) is 1.90. The Balaban J connectivity index is 2.63. The Morgan fingerprint density at radius 3 is 3.00 bits per heavy atom. The molecule has 0 spiro atoms.